The topological polar surface area (TPSA) is 56.8 Å². The molecule has 0 aliphatic heterocycles. The molecule has 0 atom stereocenters. The lowest BCUT2D eigenvalue weighted by Gasteiger charge is -2.14. The van der Waals surface area contributed by atoms with Gasteiger partial charge in [0.25, 0.3) is 5.91 Å². The molecule has 0 aromatic heterocycles. The zero-order valence-electron chi connectivity index (χ0n) is 18.9. The minimum Gasteiger partial charge on any atom is -0.493 e. The van der Waals surface area contributed by atoms with E-state index in [1.165, 1.54) is 7.11 Å². The fraction of sp³-hybridized carbons (Fsp3) is 0.107. The van der Waals surface area contributed by atoms with Gasteiger partial charge in [-0.15, -0.1) is 0 Å². The minimum absolute atomic E-state index is 0.294. The first-order chi connectivity index (χ1) is 16.5. The molecule has 4 aromatic rings. The number of halogens is 1. The highest BCUT2D eigenvalue weighted by Gasteiger charge is 2.16. The molecule has 4 rings (SSSR count). The number of anilines is 1. The number of carbonyl (C=O) groups excluding carboxylic acids is 1. The lowest BCUT2D eigenvalue weighted by Crippen LogP contribution is -2.12. The third-order valence-electron chi connectivity index (χ3n) is 5.09. The third-order valence-corrected chi connectivity index (χ3v) is 5.37. The lowest BCUT2D eigenvalue weighted by atomic mass is 10.1. The zero-order chi connectivity index (χ0) is 23.9. The van der Waals surface area contributed by atoms with Crippen LogP contribution in [0.4, 0.5) is 5.69 Å². The Morgan fingerprint density at radius 3 is 2.18 bits per heavy atom. The molecule has 0 radical (unpaired) electrons. The van der Waals surface area contributed by atoms with E-state index in [-0.39, 0.29) is 5.91 Å². The van der Waals surface area contributed by atoms with Crippen LogP contribution in [0.1, 0.15) is 21.5 Å². The summed E-state index contributed by atoms with van der Waals surface area (Å²) in [6, 6.07) is 27.8. The molecule has 0 heterocycles. The van der Waals surface area contributed by atoms with Crippen LogP contribution in [0.5, 0.6) is 23.0 Å². The summed E-state index contributed by atoms with van der Waals surface area (Å²) in [5.41, 5.74) is 3.14. The van der Waals surface area contributed by atoms with Crippen LogP contribution in [0.25, 0.3) is 0 Å². The average molecular weight is 474 g/mol. The van der Waals surface area contributed by atoms with E-state index in [1.54, 1.807) is 36.4 Å². The van der Waals surface area contributed by atoms with Crippen LogP contribution in [0.15, 0.2) is 91.0 Å². The van der Waals surface area contributed by atoms with Crippen LogP contribution in [-0.2, 0) is 6.61 Å². The molecule has 6 heteroatoms. The summed E-state index contributed by atoms with van der Waals surface area (Å²) in [7, 11) is 1.51. The first kappa shape index (κ1) is 23.2. The Morgan fingerprint density at radius 2 is 1.53 bits per heavy atom. The van der Waals surface area contributed by atoms with Crippen LogP contribution in [0.3, 0.4) is 0 Å². The van der Waals surface area contributed by atoms with E-state index in [0.29, 0.717) is 40.1 Å². The highest BCUT2D eigenvalue weighted by atomic mass is 35.5. The molecule has 172 valence electrons. The Labute approximate surface area is 203 Å². The molecule has 0 bridgehead atoms. The van der Waals surface area contributed by atoms with Gasteiger partial charge in [-0.2, -0.15) is 0 Å². The maximum absolute atomic E-state index is 12.8. The standard InChI is InChI=1S/C28H24ClNO4/c1-19-8-12-23(13-9-19)34-24-14-10-22(11-15-24)30-28(31)21-16-25(29)27(26(17-21)32-2)33-18-20-6-4-3-5-7-20/h3-17H,18H2,1-2H3,(H,30,31). The van der Waals surface area contributed by atoms with Gasteiger partial charge < -0.3 is 19.5 Å². The Hall–Kier alpha value is -3.96. The Bertz CT molecular complexity index is 1260. The molecule has 0 spiro atoms. The van der Waals surface area contributed by atoms with E-state index >= 15 is 0 Å². The van der Waals surface area contributed by atoms with E-state index in [4.69, 9.17) is 25.8 Å². The van der Waals surface area contributed by atoms with Crippen molar-refractivity contribution in [1.29, 1.82) is 0 Å². The van der Waals surface area contributed by atoms with Crippen LogP contribution < -0.4 is 19.5 Å². The van der Waals surface area contributed by atoms with Crippen molar-refractivity contribution in [3.63, 3.8) is 0 Å². The summed E-state index contributed by atoms with van der Waals surface area (Å²) in [6.07, 6.45) is 0. The largest absolute Gasteiger partial charge is 0.493 e. The maximum atomic E-state index is 12.8. The monoisotopic (exact) mass is 473 g/mol. The van der Waals surface area contributed by atoms with Gasteiger partial charge in [0.1, 0.15) is 18.1 Å². The first-order valence-corrected chi connectivity index (χ1v) is 11.1. The van der Waals surface area contributed by atoms with Crippen molar-refractivity contribution in [2.75, 3.05) is 12.4 Å². The van der Waals surface area contributed by atoms with Gasteiger partial charge in [-0.25, -0.2) is 0 Å². The van der Waals surface area contributed by atoms with E-state index in [9.17, 15) is 4.79 Å². The molecule has 0 fully saturated rings. The van der Waals surface area contributed by atoms with Crippen molar-refractivity contribution in [1.82, 2.24) is 0 Å². The van der Waals surface area contributed by atoms with Crippen molar-refractivity contribution in [2.45, 2.75) is 13.5 Å². The van der Waals surface area contributed by atoms with Crippen LogP contribution in [0.2, 0.25) is 5.02 Å². The molecule has 0 unspecified atom stereocenters. The predicted molar refractivity (Wildman–Crippen MR) is 134 cm³/mol. The van der Waals surface area contributed by atoms with Gasteiger partial charge in [-0.1, -0.05) is 59.6 Å². The molecule has 1 N–H and O–H groups in total. The van der Waals surface area contributed by atoms with Gasteiger partial charge in [0.05, 0.1) is 12.1 Å². The molecule has 34 heavy (non-hydrogen) atoms. The highest BCUT2D eigenvalue weighted by molar-refractivity contribution is 6.32. The zero-order valence-corrected chi connectivity index (χ0v) is 19.6. The number of amides is 1. The van der Waals surface area contributed by atoms with E-state index in [2.05, 4.69) is 5.32 Å². The quantitative estimate of drug-likeness (QED) is 0.292. The number of nitrogens with one attached hydrogen (secondary N) is 1. The Kier molecular flexibility index (Phi) is 7.35. The smallest absolute Gasteiger partial charge is 0.255 e. The third kappa shape index (κ3) is 5.88. The minimum atomic E-state index is -0.318. The van der Waals surface area contributed by atoms with Crippen LogP contribution in [-0.4, -0.2) is 13.0 Å². The molecular formula is C28H24ClNO4. The number of hydrogen-bond donors (Lipinski definition) is 1. The van der Waals surface area contributed by atoms with Crippen LogP contribution in [0, 0.1) is 6.92 Å². The summed E-state index contributed by atoms with van der Waals surface area (Å²) < 4.78 is 17.1. The number of ether oxygens (including phenoxy) is 3. The van der Waals surface area contributed by atoms with Crippen molar-refractivity contribution < 1.29 is 19.0 Å². The van der Waals surface area contributed by atoms with Gasteiger partial charge in [-0.3, -0.25) is 4.79 Å². The summed E-state index contributed by atoms with van der Waals surface area (Å²) >= 11 is 6.43. The fourth-order valence-corrected chi connectivity index (χ4v) is 3.54. The molecule has 1 amide bonds. The molecule has 5 nitrogen and oxygen atoms in total. The van der Waals surface area contributed by atoms with Gasteiger partial charge >= 0.3 is 0 Å². The van der Waals surface area contributed by atoms with Crippen molar-refractivity contribution in [3.05, 3.63) is 113 Å². The predicted octanol–water partition coefficient (Wildman–Crippen LogP) is 7.28. The van der Waals surface area contributed by atoms with E-state index < -0.39 is 0 Å². The number of carbonyl (C=O) groups is 1. The summed E-state index contributed by atoms with van der Waals surface area (Å²) in [4.78, 5) is 12.8. The molecule has 0 aliphatic carbocycles. The second kappa shape index (κ2) is 10.8. The molecule has 0 saturated carbocycles. The number of benzene rings is 4. The molecule has 4 aromatic carbocycles. The van der Waals surface area contributed by atoms with Crippen LogP contribution >= 0.6 is 11.6 Å². The van der Waals surface area contributed by atoms with E-state index in [0.717, 1.165) is 16.9 Å². The molecule has 0 saturated heterocycles. The Morgan fingerprint density at radius 1 is 0.882 bits per heavy atom. The van der Waals surface area contributed by atoms with Gasteiger partial charge in [0, 0.05) is 11.3 Å². The first-order valence-electron chi connectivity index (χ1n) is 10.7. The average Bonchev–Trinajstić information content (AvgIpc) is 2.86. The van der Waals surface area contributed by atoms with Gasteiger partial charge in [0.15, 0.2) is 11.5 Å². The number of rotatable bonds is 8. The number of aryl methyl sites for hydroxylation is 1. The summed E-state index contributed by atoms with van der Waals surface area (Å²) in [6.45, 7) is 2.36. The van der Waals surface area contributed by atoms with E-state index in [1.807, 2.05) is 61.5 Å². The lowest BCUT2D eigenvalue weighted by molar-refractivity contribution is 0.102. The SMILES string of the molecule is COc1cc(C(=O)Nc2ccc(Oc3ccc(C)cc3)cc2)cc(Cl)c1OCc1ccccc1. The van der Waals surface area contributed by atoms with Crippen molar-refractivity contribution in [2.24, 2.45) is 0 Å². The normalized spacial score (nSPS) is 10.4. The highest BCUT2D eigenvalue weighted by Crippen LogP contribution is 2.37. The van der Waals surface area contributed by atoms with Gasteiger partial charge in [0.2, 0.25) is 0 Å². The second-order valence-corrected chi connectivity index (χ2v) is 8.06. The maximum Gasteiger partial charge on any atom is 0.255 e. The number of methoxy groups -OCH3 is 1. The summed E-state index contributed by atoms with van der Waals surface area (Å²) in [5.74, 6) is 1.88. The van der Waals surface area contributed by atoms with Gasteiger partial charge in [-0.05, 0) is 61.0 Å². The molecule has 0 aliphatic rings. The Balaban J connectivity index is 1.43. The van der Waals surface area contributed by atoms with Crippen molar-refractivity contribution >= 4 is 23.2 Å². The summed E-state index contributed by atoms with van der Waals surface area (Å²) in [5, 5.41) is 3.16. The fourth-order valence-electron chi connectivity index (χ4n) is 3.27. The second-order valence-electron chi connectivity index (χ2n) is 7.66. The number of hydrogen-bond acceptors (Lipinski definition) is 4. The van der Waals surface area contributed by atoms with Crippen molar-refractivity contribution in [3.8, 4) is 23.0 Å². The molecular weight excluding hydrogens is 450 g/mol.